The van der Waals surface area contributed by atoms with Crippen LogP contribution in [0.1, 0.15) is 33.3 Å². The minimum absolute atomic E-state index is 0.236. The van der Waals surface area contributed by atoms with Gasteiger partial charge < -0.3 is 9.67 Å². The van der Waals surface area contributed by atoms with E-state index in [9.17, 15) is 5.11 Å². The van der Waals surface area contributed by atoms with Gasteiger partial charge in [-0.25, -0.2) is 0 Å². The molecule has 240 valence electrons. The quantitative estimate of drug-likeness (QED) is 0.202. The Balaban J connectivity index is 1.29. The number of benzene rings is 7. The Morgan fingerprint density at radius 3 is 1.96 bits per heavy atom. The smallest absolute Gasteiger partial charge is 0.263 e. The number of rotatable bonds is 5. The van der Waals surface area contributed by atoms with Crippen LogP contribution in [0.15, 0.2) is 158 Å². The number of anilines is 1. The summed E-state index contributed by atoms with van der Waals surface area (Å²) in [5.41, 5.74) is 13.1. The predicted molar refractivity (Wildman–Crippen MR) is 205 cm³/mol. The molecule has 0 aliphatic carbocycles. The Hall–Kier alpha value is -6.23. The Morgan fingerprint density at radius 2 is 1.18 bits per heavy atom. The Labute approximate surface area is 291 Å². The molecule has 8 aromatic rings. The first-order valence-electron chi connectivity index (χ1n) is 17.0. The van der Waals surface area contributed by atoms with Gasteiger partial charge in [-0.15, -0.1) is 0 Å². The van der Waals surface area contributed by atoms with Gasteiger partial charge in [0.25, 0.3) is 5.91 Å². The number of aromatic nitrogens is 1. The fraction of sp³-hybridized carbons (Fsp3) is 0.0652. The largest absolute Gasteiger partial charge is 0.369 e. The molecule has 0 fully saturated rings. The van der Waals surface area contributed by atoms with E-state index in [0.717, 1.165) is 60.9 Å². The van der Waals surface area contributed by atoms with Crippen LogP contribution in [0.5, 0.6) is 0 Å². The maximum absolute atomic E-state index is 15.0. The number of para-hydroxylation sites is 2. The summed E-state index contributed by atoms with van der Waals surface area (Å²) >= 11 is 0. The second-order valence-corrected chi connectivity index (χ2v) is 13.1. The summed E-state index contributed by atoms with van der Waals surface area (Å²) in [6.07, 6.45) is -1.17. The van der Waals surface area contributed by atoms with E-state index in [1.807, 2.05) is 72.8 Å². The second kappa shape index (κ2) is 11.7. The van der Waals surface area contributed by atoms with Gasteiger partial charge >= 0.3 is 0 Å². The van der Waals surface area contributed by atoms with Gasteiger partial charge in [0.2, 0.25) is 0 Å². The van der Waals surface area contributed by atoms with Gasteiger partial charge in [0.05, 0.1) is 28.0 Å². The Kier molecular flexibility index (Phi) is 7.01. The van der Waals surface area contributed by atoms with E-state index in [0.29, 0.717) is 16.8 Å². The fourth-order valence-electron chi connectivity index (χ4n) is 7.91. The van der Waals surface area contributed by atoms with Crippen molar-refractivity contribution in [3.8, 4) is 39.1 Å². The van der Waals surface area contributed by atoms with Crippen LogP contribution in [-0.4, -0.2) is 15.6 Å². The van der Waals surface area contributed by atoms with Gasteiger partial charge in [0.15, 0.2) is 6.23 Å². The zero-order valence-corrected chi connectivity index (χ0v) is 27.8. The number of hydrogen-bond donors (Lipinski definition) is 1. The minimum atomic E-state index is -1.17. The summed E-state index contributed by atoms with van der Waals surface area (Å²) in [6.45, 7) is 4.27. The molecule has 0 radical (unpaired) electrons. The minimum Gasteiger partial charge on any atom is -0.369 e. The van der Waals surface area contributed by atoms with Crippen LogP contribution in [0.25, 0.3) is 60.9 Å². The summed E-state index contributed by atoms with van der Waals surface area (Å²) in [7, 11) is 0. The molecule has 1 aliphatic rings. The molecule has 1 aromatic heterocycles. The molecule has 1 amide bonds. The van der Waals surface area contributed by atoms with Gasteiger partial charge in [-0.3, -0.25) is 9.69 Å². The number of aryl methyl sites for hydroxylation is 2. The van der Waals surface area contributed by atoms with E-state index in [1.165, 1.54) is 11.1 Å². The molecule has 7 aromatic carbocycles. The molecular weight excluding hydrogens is 613 g/mol. The number of hydrogen-bond acceptors (Lipinski definition) is 2. The summed E-state index contributed by atoms with van der Waals surface area (Å²) in [5.74, 6) is -0.236. The maximum Gasteiger partial charge on any atom is 0.263 e. The highest BCUT2D eigenvalue weighted by Crippen LogP contribution is 2.47. The van der Waals surface area contributed by atoms with Crippen molar-refractivity contribution < 1.29 is 9.90 Å². The third-order valence-electron chi connectivity index (χ3n) is 10.1. The number of aliphatic hydroxyl groups is 1. The molecule has 1 unspecified atom stereocenters. The number of amides is 1. The average Bonchev–Trinajstić information content (AvgIpc) is 3.63. The number of carbonyl (C=O) groups is 1. The molecule has 0 bridgehead atoms. The molecule has 1 atom stereocenters. The van der Waals surface area contributed by atoms with Crippen molar-refractivity contribution in [2.45, 2.75) is 20.1 Å². The normalized spacial score (nSPS) is 14.1. The van der Waals surface area contributed by atoms with Gasteiger partial charge in [0, 0.05) is 27.5 Å². The lowest BCUT2D eigenvalue weighted by Crippen LogP contribution is -2.28. The second-order valence-electron chi connectivity index (χ2n) is 13.1. The van der Waals surface area contributed by atoms with Crippen molar-refractivity contribution in [3.05, 3.63) is 180 Å². The van der Waals surface area contributed by atoms with Crippen LogP contribution in [0.2, 0.25) is 0 Å². The van der Waals surface area contributed by atoms with Gasteiger partial charge in [-0.1, -0.05) is 145 Å². The van der Waals surface area contributed by atoms with Crippen molar-refractivity contribution in [1.29, 1.82) is 0 Å². The van der Waals surface area contributed by atoms with Crippen LogP contribution in [-0.2, 0) is 0 Å². The third-order valence-corrected chi connectivity index (χ3v) is 10.1. The molecule has 0 saturated carbocycles. The molecule has 50 heavy (non-hydrogen) atoms. The molecule has 9 rings (SSSR count). The van der Waals surface area contributed by atoms with Crippen molar-refractivity contribution in [3.63, 3.8) is 0 Å². The van der Waals surface area contributed by atoms with E-state index < -0.39 is 6.23 Å². The van der Waals surface area contributed by atoms with E-state index in [1.54, 1.807) is 4.90 Å². The molecule has 0 spiro atoms. The summed E-state index contributed by atoms with van der Waals surface area (Å²) in [6, 6.07) is 53.5. The Morgan fingerprint density at radius 1 is 0.540 bits per heavy atom. The van der Waals surface area contributed by atoms with E-state index in [-0.39, 0.29) is 5.91 Å². The van der Waals surface area contributed by atoms with Crippen molar-refractivity contribution in [1.82, 2.24) is 4.57 Å². The SMILES string of the molecule is Cc1ccc(-c2cccc3c4ccccc4n(-c4cccc5c4C(=O)N(c4cccc(-c6ccccc6)c4-c4ccccc4)C5O)c23)c(C)c1. The van der Waals surface area contributed by atoms with Crippen LogP contribution in [0.3, 0.4) is 0 Å². The van der Waals surface area contributed by atoms with Crippen molar-refractivity contribution >= 4 is 33.4 Å². The van der Waals surface area contributed by atoms with Gasteiger partial charge in [0.1, 0.15) is 0 Å². The molecule has 1 aliphatic heterocycles. The van der Waals surface area contributed by atoms with Crippen molar-refractivity contribution in [2.75, 3.05) is 4.90 Å². The lowest BCUT2D eigenvalue weighted by Gasteiger charge is -2.26. The zero-order valence-electron chi connectivity index (χ0n) is 27.8. The molecule has 2 heterocycles. The zero-order chi connectivity index (χ0) is 33.9. The molecular formula is C46H34N2O2. The van der Waals surface area contributed by atoms with Gasteiger partial charge in [-0.2, -0.15) is 0 Å². The average molecular weight is 647 g/mol. The number of aliphatic hydroxyl groups excluding tert-OH is 1. The maximum atomic E-state index is 15.0. The highest BCUT2D eigenvalue weighted by Gasteiger charge is 2.40. The van der Waals surface area contributed by atoms with E-state index in [2.05, 4.69) is 103 Å². The van der Waals surface area contributed by atoms with Gasteiger partial charge in [-0.05, 0) is 59.9 Å². The standard InChI is InChI=1S/C46H34N2O2/c1-29-26-27-33(30(2)28-29)36-20-11-21-37-35-18-9-10-23-39(35)47(44(36)37)41-25-13-22-38-43(41)46(50)48(45(38)49)40-24-12-19-34(31-14-5-3-6-15-31)42(40)32-16-7-4-8-17-32/h3-28,45,49H,1-2H3. The highest BCUT2D eigenvalue weighted by molar-refractivity contribution is 6.18. The predicted octanol–water partition coefficient (Wildman–Crippen LogP) is 11.1. The number of fused-ring (bicyclic) bond motifs is 4. The lowest BCUT2D eigenvalue weighted by atomic mass is 9.92. The monoisotopic (exact) mass is 646 g/mol. The first-order chi connectivity index (χ1) is 24.5. The van der Waals surface area contributed by atoms with Crippen LogP contribution in [0.4, 0.5) is 5.69 Å². The molecule has 4 heteroatoms. The fourth-order valence-corrected chi connectivity index (χ4v) is 7.91. The summed E-state index contributed by atoms with van der Waals surface area (Å²) < 4.78 is 2.23. The molecule has 4 nitrogen and oxygen atoms in total. The van der Waals surface area contributed by atoms with Crippen LogP contribution >= 0.6 is 0 Å². The van der Waals surface area contributed by atoms with Crippen LogP contribution < -0.4 is 4.90 Å². The first-order valence-corrected chi connectivity index (χ1v) is 17.0. The summed E-state index contributed by atoms with van der Waals surface area (Å²) in [4.78, 5) is 16.6. The topological polar surface area (TPSA) is 45.5 Å². The highest BCUT2D eigenvalue weighted by atomic mass is 16.3. The lowest BCUT2D eigenvalue weighted by molar-refractivity contribution is 0.0935. The Bertz CT molecular complexity index is 2600. The van der Waals surface area contributed by atoms with Crippen molar-refractivity contribution in [2.24, 2.45) is 0 Å². The molecule has 0 saturated heterocycles. The van der Waals surface area contributed by atoms with E-state index in [4.69, 9.17) is 0 Å². The van der Waals surface area contributed by atoms with Crippen LogP contribution in [0, 0.1) is 13.8 Å². The first kappa shape index (κ1) is 29.9. The number of nitrogens with zero attached hydrogens (tertiary/aromatic N) is 2. The van der Waals surface area contributed by atoms with E-state index >= 15 is 4.79 Å². The molecule has 1 N–H and O–H groups in total. The number of carbonyl (C=O) groups excluding carboxylic acids is 1. The summed E-state index contributed by atoms with van der Waals surface area (Å²) in [5, 5.41) is 14.4. The third kappa shape index (κ3) is 4.53.